The number of para-hydroxylation sites is 1. The molecule has 0 heterocycles. The molecule has 1 amide bonds. The van der Waals surface area contributed by atoms with Crippen LogP contribution in [0.15, 0.2) is 47.6 Å². The number of hydrogen-bond donors (Lipinski definition) is 1. The minimum absolute atomic E-state index is 0.190. The number of methoxy groups -OCH3 is 2. The fourth-order valence-electron chi connectivity index (χ4n) is 1.87. The molecule has 22 heavy (non-hydrogen) atoms. The maximum Gasteiger partial charge on any atom is 0.271 e. The molecule has 0 aliphatic heterocycles. The summed E-state index contributed by atoms with van der Waals surface area (Å²) in [5, 5.41) is 3.85. The largest absolute Gasteiger partial charge is 0.493 e. The van der Waals surface area contributed by atoms with E-state index in [1.807, 2.05) is 0 Å². The highest BCUT2D eigenvalue weighted by Gasteiger charge is 2.08. The van der Waals surface area contributed by atoms with Gasteiger partial charge in [-0.2, -0.15) is 5.10 Å². The molecule has 0 fully saturated rings. The molecule has 2 aromatic rings. The number of benzene rings is 2. The highest BCUT2D eigenvalue weighted by molar-refractivity contribution is 5.95. The Bertz CT molecular complexity index is 702. The topological polar surface area (TPSA) is 59.9 Å². The molecular formula is C16H15FN2O3. The predicted octanol–water partition coefficient (Wildman–Crippen LogP) is 2.61. The van der Waals surface area contributed by atoms with Crippen LogP contribution in [-0.4, -0.2) is 26.3 Å². The van der Waals surface area contributed by atoms with Crippen LogP contribution >= 0.6 is 0 Å². The predicted molar refractivity (Wildman–Crippen MR) is 81.0 cm³/mol. The van der Waals surface area contributed by atoms with Gasteiger partial charge in [0.1, 0.15) is 5.82 Å². The van der Waals surface area contributed by atoms with Crippen molar-refractivity contribution in [2.45, 2.75) is 0 Å². The summed E-state index contributed by atoms with van der Waals surface area (Å²) in [7, 11) is 3.05. The highest BCUT2D eigenvalue weighted by Crippen LogP contribution is 2.29. The van der Waals surface area contributed by atoms with Gasteiger partial charge < -0.3 is 9.47 Å². The maximum absolute atomic E-state index is 13.0. The van der Waals surface area contributed by atoms with Crippen molar-refractivity contribution in [3.05, 3.63) is 59.4 Å². The third kappa shape index (κ3) is 3.60. The van der Waals surface area contributed by atoms with Crippen molar-refractivity contribution >= 4 is 12.1 Å². The number of hydrogen-bond acceptors (Lipinski definition) is 4. The first-order valence-electron chi connectivity index (χ1n) is 6.45. The average molecular weight is 302 g/mol. The Morgan fingerprint density at radius 3 is 2.64 bits per heavy atom. The fraction of sp³-hybridized carbons (Fsp3) is 0.125. The third-order valence-electron chi connectivity index (χ3n) is 2.89. The number of hydrazone groups is 1. The van der Waals surface area contributed by atoms with Gasteiger partial charge in [-0.1, -0.05) is 12.1 Å². The molecule has 114 valence electrons. The SMILES string of the molecule is COc1cccc(/C=N/NC(=O)c2cccc(F)c2)c1OC. The molecule has 2 rings (SSSR count). The summed E-state index contributed by atoms with van der Waals surface area (Å²) in [4.78, 5) is 11.8. The summed E-state index contributed by atoms with van der Waals surface area (Å²) in [6.45, 7) is 0. The smallest absolute Gasteiger partial charge is 0.271 e. The van der Waals surface area contributed by atoms with Gasteiger partial charge in [0.25, 0.3) is 5.91 Å². The zero-order valence-electron chi connectivity index (χ0n) is 12.2. The summed E-state index contributed by atoms with van der Waals surface area (Å²) in [5.41, 5.74) is 3.16. The summed E-state index contributed by atoms with van der Waals surface area (Å²) in [5.74, 6) is 0.0837. The number of rotatable bonds is 5. The Balaban J connectivity index is 2.11. The molecule has 0 spiro atoms. The van der Waals surface area contributed by atoms with Gasteiger partial charge in [0.15, 0.2) is 11.5 Å². The van der Waals surface area contributed by atoms with Crippen LogP contribution in [0.5, 0.6) is 11.5 Å². The van der Waals surface area contributed by atoms with E-state index in [1.54, 1.807) is 18.2 Å². The minimum atomic E-state index is -0.502. The summed E-state index contributed by atoms with van der Waals surface area (Å²) >= 11 is 0. The van der Waals surface area contributed by atoms with Gasteiger partial charge in [0.2, 0.25) is 0 Å². The summed E-state index contributed by atoms with van der Waals surface area (Å²) in [6.07, 6.45) is 1.43. The molecule has 1 N–H and O–H groups in total. The first-order valence-corrected chi connectivity index (χ1v) is 6.45. The van der Waals surface area contributed by atoms with Crippen molar-refractivity contribution in [3.8, 4) is 11.5 Å². The van der Waals surface area contributed by atoms with Gasteiger partial charge >= 0.3 is 0 Å². The lowest BCUT2D eigenvalue weighted by Gasteiger charge is -2.09. The van der Waals surface area contributed by atoms with E-state index in [0.29, 0.717) is 17.1 Å². The van der Waals surface area contributed by atoms with Gasteiger partial charge in [0.05, 0.1) is 20.4 Å². The Hall–Kier alpha value is -2.89. The van der Waals surface area contributed by atoms with E-state index in [-0.39, 0.29) is 5.56 Å². The van der Waals surface area contributed by atoms with Gasteiger partial charge in [-0.05, 0) is 30.3 Å². The Labute approximate surface area is 127 Å². The lowest BCUT2D eigenvalue weighted by Crippen LogP contribution is -2.17. The number of ether oxygens (including phenoxy) is 2. The van der Waals surface area contributed by atoms with Crippen LogP contribution in [0.1, 0.15) is 15.9 Å². The maximum atomic E-state index is 13.0. The monoisotopic (exact) mass is 302 g/mol. The molecule has 6 heteroatoms. The summed E-state index contributed by atoms with van der Waals surface area (Å²) in [6, 6.07) is 10.6. The lowest BCUT2D eigenvalue weighted by molar-refractivity contribution is 0.0954. The zero-order chi connectivity index (χ0) is 15.9. The van der Waals surface area contributed by atoms with Crippen LogP contribution in [0, 0.1) is 5.82 Å². The number of nitrogens with zero attached hydrogens (tertiary/aromatic N) is 1. The number of halogens is 1. The molecule has 0 saturated heterocycles. The van der Waals surface area contributed by atoms with Crippen molar-refractivity contribution < 1.29 is 18.7 Å². The molecule has 0 aliphatic carbocycles. The lowest BCUT2D eigenvalue weighted by atomic mass is 10.2. The molecule has 0 bridgehead atoms. The molecule has 0 aromatic heterocycles. The van der Waals surface area contributed by atoms with E-state index in [9.17, 15) is 9.18 Å². The van der Waals surface area contributed by atoms with Crippen LogP contribution < -0.4 is 14.9 Å². The van der Waals surface area contributed by atoms with Crippen molar-refractivity contribution in [2.24, 2.45) is 5.10 Å². The molecule has 0 unspecified atom stereocenters. The molecule has 5 nitrogen and oxygen atoms in total. The Kier molecular flexibility index (Phi) is 5.08. The van der Waals surface area contributed by atoms with E-state index >= 15 is 0 Å². The molecule has 0 saturated carbocycles. The standard InChI is InChI=1S/C16H15FN2O3/c1-21-14-8-4-6-12(15(14)22-2)10-18-19-16(20)11-5-3-7-13(17)9-11/h3-10H,1-2H3,(H,19,20)/b18-10+. The van der Waals surface area contributed by atoms with Gasteiger partial charge in [-0.15, -0.1) is 0 Å². The number of amides is 1. The number of carbonyl (C=O) groups excluding carboxylic acids is 1. The Morgan fingerprint density at radius 1 is 1.18 bits per heavy atom. The van der Waals surface area contributed by atoms with E-state index in [0.717, 1.165) is 6.07 Å². The molecule has 0 atom stereocenters. The van der Waals surface area contributed by atoms with Crippen molar-refractivity contribution in [2.75, 3.05) is 14.2 Å². The van der Waals surface area contributed by atoms with Gasteiger partial charge in [-0.3, -0.25) is 4.79 Å². The number of carbonyl (C=O) groups is 1. The fourth-order valence-corrected chi connectivity index (χ4v) is 1.87. The quantitative estimate of drug-likeness (QED) is 0.682. The van der Waals surface area contributed by atoms with Crippen molar-refractivity contribution in [1.29, 1.82) is 0 Å². The summed E-state index contributed by atoms with van der Waals surface area (Å²) < 4.78 is 23.5. The zero-order valence-corrected chi connectivity index (χ0v) is 12.2. The second kappa shape index (κ2) is 7.21. The van der Waals surface area contributed by atoms with Crippen LogP contribution in [0.2, 0.25) is 0 Å². The van der Waals surface area contributed by atoms with Gasteiger partial charge in [-0.25, -0.2) is 9.82 Å². The molecule has 2 aromatic carbocycles. The average Bonchev–Trinajstić information content (AvgIpc) is 2.54. The normalized spacial score (nSPS) is 10.5. The third-order valence-corrected chi connectivity index (χ3v) is 2.89. The Morgan fingerprint density at radius 2 is 1.95 bits per heavy atom. The first-order chi connectivity index (χ1) is 10.7. The van der Waals surface area contributed by atoms with E-state index in [1.165, 1.54) is 38.6 Å². The highest BCUT2D eigenvalue weighted by atomic mass is 19.1. The van der Waals surface area contributed by atoms with E-state index < -0.39 is 11.7 Å². The van der Waals surface area contributed by atoms with E-state index in [4.69, 9.17) is 9.47 Å². The second-order valence-electron chi connectivity index (χ2n) is 4.29. The molecular weight excluding hydrogens is 287 g/mol. The number of nitrogens with one attached hydrogen (secondary N) is 1. The molecule has 0 radical (unpaired) electrons. The molecule has 0 aliphatic rings. The van der Waals surface area contributed by atoms with Crippen LogP contribution in [0.4, 0.5) is 4.39 Å². The van der Waals surface area contributed by atoms with Crippen LogP contribution in [0.25, 0.3) is 0 Å². The van der Waals surface area contributed by atoms with Crippen LogP contribution in [0.3, 0.4) is 0 Å². The van der Waals surface area contributed by atoms with Crippen molar-refractivity contribution in [3.63, 3.8) is 0 Å². The minimum Gasteiger partial charge on any atom is -0.493 e. The second-order valence-corrected chi connectivity index (χ2v) is 4.29. The van der Waals surface area contributed by atoms with E-state index in [2.05, 4.69) is 10.5 Å². The van der Waals surface area contributed by atoms with Gasteiger partial charge in [0, 0.05) is 11.1 Å². The first kappa shape index (κ1) is 15.5. The van der Waals surface area contributed by atoms with Crippen molar-refractivity contribution in [1.82, 2.24) is 5.43 Å². The van der Waals surface area contributed by atoms with Crippen LogP contribution in [-0.2, 0) is 0 Å².